The lowest BCUT2D eigenvalue weighted by molar-refractivity contribution is -0.115. The number of amides is 1. The second-order valence-corrected chi connectivity index (χ2v) is 9.78. The maximum Gasteiger partial charge on any atom is 0.239 e. The van der Waals surface area contributed by atoms with Crippen molar-refractivity contribution in [3.05, 3.63) is 58.4 Å². The molecule has 164 valence electrons. The van der Waals surface area contributed by atoms with E-state index < -0.39 is 0 Å². The standard InChI is InChI=1S/C22H27N5O2S2/c1-7-10-27-19(12-29-18-11-13(2)8-9-14(18)3)25-26-22(27)31-17(6)20(28)24-21-23-15(4)16(5)30-21/h7-9,11,17H,1,10,12H2,2-6H3,(H,23,24,28). The van der Waals surface area contributed by atoms with Gasteiger partial charge in [-0.15, -0.1) is 28.1 Å². The molecular weight excluding hydrogens is 430 g/mol. The summed E-state index contributed by atoms with van der Waals surface area (Å²) in [7, 11) is 0. The number of nitrogens with zero attached hydrogens (tertiary/aromatic N) is 4. The van der Waals surface area contributed by atoms with Crippen LogP contribution in [-0.4, -0.2) is 30.9 Å². The minimum Gasteiger partial charge on any atom is -0.485 e. The predicted octanol–water partition coefficient (Wildman–Crippen LogP) is 4.85. The van der Waals surface area contributed by atoms with Crippen LogP contribution >= 0.6 is 23.1 Å². The fraction of sp³-hybridized carbons (Fsp3) is 0.364. The number of hydrogen-bond donors (Lipinski definition) is 1. The number of benzene rings is 1. The van der Waals surface area contributed by atoms with Crippen molar-refractivity contribution in [3.8, 4) is 5.75 Å². The van der Waals surface area contributed by atoms with Crippen LogP contribution < -0.4 is 10.1 Å². The number of thioether (sulfide) groups is 1. The van der Waals surface area contributed by atoms with E-state index in [2.05, 4.69) is 33.1 Å². The van der Waals surface area contributed by atoms with Crippen LogP contribution in [0.1, 0.15) is 34.4 Å². The first-order valence-electron chi connectivity index (χ1n) is 9.93. The van der Waals surface area contributed by atoms with Gasteiger partial charge in [-0.3, -0.25) is 9.36 Å². The normalized spacial score (nSPS) is 11.9. The maximum atomic E-state index is 12.6. The van der Waals surface area contributed by atoms with Crippen LogP contribution in [0.2, 0.25) is 0 Å². The van der Waals surface area contributed by atoms with Crippen molar-refractivity contribution in [2.45, 2.75) is 58.2 Å². The number of hydrogen-bond acceptors (Lipinski definition) is 7. The Balaban J connectivity index is 1.69. The van der Waals surface area contributed by atoms with Crippen molar-refractivity contribution in [3.63, 3.8) is 0 Å². The van der Waals surface area contributed by atoms with Gasteiger partial charge < -0.3 is 10.1 Å². The molecule has 1 aromatic carbocycles. The summed E-state index contributed by atoms with van der Waals surface area (Å²) in [5.41, 5.74) is 3.13. The molecule has 31 heavy (non-hydrogen) atoms. The summed E-state index contributed by atoms with van der Waals surface area (Å²) in [5, 5.41) is 12.4. The average Bonchev–Trinajstić information content (AvgIpc) is 3.25. The molecule has 2 heterocycles. The Bertz CT molecular complexity index is 1070. The zero-order valence-electron chi connectivity index (χ0n) is 18.4. The number of anilines is 1. The number of nitrogens with one attached hydrogen (secondary N) is 1. The minimum absolute atomic E-state index is 0.125. The van der Waals surface area contributed by atoms with Crippen molar-refractivity contribution in [2.24, 2.45) is 0 Å². The Morgan fingerprint density at radius 2 is 2.10 bits per heavy atom. The van der Waals surface area contributed by atoms with E-state index in [1.807, 2.05) is 51.3 Å². The van der Waals surface area contributed by atoms with Gasteiger partial charge in [-0.05, 0) is 51.8 Å². The Hall–Kier alpha value is -2.65. The highest BCUT2D eigenvalue weighted by Crippen LogP contribution is 2.26. The molecule has 0 aliphatic heterocycles. The number of allylic oxidation sites excluding steroid dienone is 1. The summed E-state index contributed by atoms with van der Waals surface area (Å²) >= 11 is 2.82. The number of aryl methyl sites for hydroxylation is 4. The van der Waals surface area contributed by atoms with Gasteiger partial charge in [-0.2, -0.15) is 0 Å². The maximum absolute atomic E-state index is 12.6. The fourth-order valence-corrected chi connectivity index (χ4v) is 4.47. The zero-order valence-corrected chi connectivity index (χ0v) is 20.1. The topological polar surface area (TPSA) is 81.9 Å². The van der Waals surface area contributed by atoms with Gasteiger partial charge in [-0.1, -0.05) is 30.0 Å². The second-order valence-electron chi connectivity index (χ2n) is 7.27. The number of carbonyl (C=O) groups is 1. The molecule has 3 rings (SSSR count). The van der Waals surface area contributed by atoms with Gasteiger partial charge in [0.2, 0.25) is 5.91 Å². The third-order valence-electron chi connectivity index (χ3n) is 4.72. The number of aromatic nitrogens is 4. The summed E-state index contributed by atoms with van der Waals surface area (Å²) in [5.74, 6) is 1.38. The summed E-state index contributed by atoms with van der Waals surface area (Å²) < 4.78 is 7.92. The molecule has 9 heteroatoms. The monoisotopic (exact) mass is 457 g/mol. The van der Waals surface area contributed by atoms with E-state index in [-0.39, 0.29) is 17.8 Å². The molecule has 0 spiro atoms. The third-order valence-corrected chi connectivity index (χ3v) is 6.78. The summed E-state index contributed by atoms with van der Waals surface area (Å²) in [6.07, 6.45) is 1.78. The van der Waals surface area contributed by atoms with Gasteiger partial charge in [0.05, 0.1) is 10.9 Å². The largest absolute Gasteiger partial charge is 0.485 e. The van der Waals surface area contributed by atoms with Gasteiger partial charge in [0.15, 0.2) is 16.1 Å². The molecule has 0 bridgehead atoms. The van der Waals surface area contributed by atoms with Gasteiger partial charge >= 0.3 is 0 Å². The first-order valence-corrected chi connectivity index (χ1v) is 11.6. The molecule has 2 aromatic heterocycles. The summed E-state index contributed by atoms with van der Waals surface area (Å²) in [4.78, 5) is 18.1. The number of ether oxygens (including phenoxy) is 1. The van der Waals surface area contributed by atoms with Gasteiger partial charge in [0, 0.05) is 11.4 Å². The Labute approximate surface area is 191 Å². The van der Waals surface area contributed by atoms with Gasteiger partial charge in [-0.25, -0.2) is 4.98 Å². The van der Waals surface area contributed by atoms with E-state index in [9.17, 15) is 4.79 Å². The van der Waals surface area contributed by atoms with E-state index in [0.29, 0.717) is 22.7 Å². The Morgan fingerprint density at radius 1 is 1.32 bits per heavy atom. The van der Waals surface area contributed by atoms with Gasteiger partial charge in [0.1, 0.15) is 12.4 Å². The summed E-state index contributed by atoms with van der Waals surface area (Å²) in [6, 6.07) is 6.09. The number of thiazole rings is 1. The molecule has 1 amide bonds. The molecule has 1 N–H and O–H groups in total. The minimum atomic E-state index is -0.370. The SMILES string of the molecule is C=CCn1c(COc2cc(C)ccc2C)nnc1SC(C)C(=O)Nc1nc(C)c(C)s1. The van der Waals surface area contributed by atoms with Crippen LogP contribution in [0.4, 0.5) is 5.13 Å². The first kappa shape index (κ1) is 23.0. The highest BCUT2D eigenvalue weighted by Gasteiger charge is 2.21. The van der Waals surface area contributed by atoms with Crippen LogP contribution in [0.25, 0.3) is 0 Å². The molecule has 0 aliphatic carbocycles. The molecule has 1 unspecified atom stereocenters. The molecule has 0 saturated heterocycles. The van der Waals surface area contributed by atoms with E-state index in [4.69, 9.17) is 4.74 Å². The zero-order chi connectivity index (χ0) is 22.5. The Kier molecular flexibility index (Phi) is 7.50. The number of carbonyl (C=O) groups excluding carboxylic acids is 1. The van der Waals surface area contributed by atoms with Crippen molar-refractivity contribution in [1.82, 2.24) is 19.7 Å². The van der Waals surface area contributed by atoms with Crippen molar-refractivity contribution in [2.75, 3.05) is 5.32 Å². The number of rotatable bonds is 9. The second kappa shape index (κ2) is 10.1. The molecule has 3 aromatic rings. The highest BCUT2D eigenvalue weighted by molar-refractivity contribution is 8.00. The van der Waals surface area contributed by atoms with E-state index in [0.717, 1.165) is 27.4 Å². The van der Waals surface area contributed by atoms with E-state index in [1.54, 1.807) is 6.08 Å². The fourth-order valence-electron chi connectivity index (χ4n) is 2.78. The van der Waals surface area contributed by atoms with Crippen molar-refractivity contribution < 1.29 is 9.53 Å². The molecule has 0 fully saturated rings. The highest BCUT2D eigenvalue weighted by atomic mass is 32.2. The van der Waals surface area contributed by atoms with Gasteiger partial charge in [0.25, 0.3) is 0 Å². The van der Waals surface area contributed by atoms with Crippen LogP contribution in [0.15, 0.2) is 36.0 Å². The molecule has 7 nitrogen and oxygen atoms in total. The molecule has 0 aliphatic rings. The van der Waals surface area contributed by atoms with Crippen LogP contribution in [0.5, 0.6) is 5.75 Å². The lowest BCUT2D eigenvalue weighted by Gasteiger charge is -2.13. The summed E-state index contributed by atoms with van der Waals surface area (Å²) in [6.45, 7) is 14.4. The smallest absolute Gasteiger partial charge is 0.239 e. The van der Waals surface area contributed by atoms with Crippen molar-refractivity contribution in [1.29, 1.82) is 0 Å². The molecule has 0 saturated carbocycles. The quantitative estimate of drug-likeness (QED) is 0.365. The van der Waals surface area contributed by atoms with E-state index >= 15 is 0 Å². The van der Waals surface area contributed by atoms with E-state index in [1.165, 1.54) is 23.1 Å². The van der Waals surface area contributed by atoms with Crippen molar-refractivity contribution >= 4 is 34.1 Å². The molecular formula is C22H27N5O2S2. The average molecular weight is 458 g/mol. The first-order chi connectivity index (χ1) is 14.8. The lowest BCUT2D eigenvalue weighted by atomic mass is 10.1. The van der Waals surface area contributed by atoms with Crippen LogP contribution in [-0.2, 0) is 17.9 Å². The molecule has 0 radical (unpaired) electrons. The van der Waals surface area contributed by atoms with Crippen LogP contribution in [0.3, 0.4) is 0 Å². The van der Waals surface area contributed by atoms with Crippen LogP contribution in [0, 0.1) is 27.7 Å². The Morgan fingerprint density at radius 3 is 2.77 bits per heavy atom. The lowest BCUT2D eigenvalue weighted by Crippen LogP contribution is -2.23. The molecule has 1 atom stereocenters. The third kappa shape index (κ3) is 5.74. The predicted molar refractivity (Wildman–Crippen MR) is 126 cm³/mol.